The summed E-state index contributed by atoms with van der Waals surface area (Å²) in [4.78, 5) is 22.3. The molecule has 1 aliphatic rings. The predicted molar refractivity (Wildman–Crippen MR) is 115 cm³/mol. The summed E-state index contributed by atoms with van der Waals surface area (Å²) in [6.45, 7) is 1.14. The van der Waals surface area contributed by atoms with Gasteiger partial charge in [0.15, 0.2) is 5.82 Å². The number of anilines is 2. The lowest BCUT2D eigenvalue weighted by atomic mass is 9.99. The first-order valence-corrected chi connectivity index (χ1v) is 10.6. The van der Waals surface area contributed by atoms with E-state index < -0.39 is 23.2 Å². The molecule has 2 atom stereocenters. The molecule has 1 saturated heterocycles. The number of nitrogens with two attached hydrogens (primary N) is 1. The number of pyridine rings is 1. The van der Waals surface area contributed by atoms with Gasteiger partial charge in [0.05, 0.1) is 11.6 Å². The van der Waals surface area contributed by atoms with E-state index >= 15 is 4.39 Å². The molecule has 3 heterocycles. The summed E-state index contributed by atoms with van der Waals surface area (Å²) in [6.07, 6.45) is 3.79. The maximum Gasteiger partial charge on any atom is 0.275 e. The minimum absolute atomic E-state index is 0.0595. The van der Waals surface area contributed by atoms with Crippen molar-refractivity contribution in [2.75, 3.05) is 30.4 Å². The molecule has 1 fully saturated rings. The number of rotatable bonds is 5. The van der Waals surface area contributed by atoms with Gasteiger partial charge in [-0.25, -0.2) is 13.8 Å². The van der Waals surface area contributed by atoms with Gasteiger partial charge in [0.1, 0.15) is 17.2 Å². The maximum atomic E-state index is 15.4. The van der Waals surface area contributed by atoms with E-state index in [9.17, 15) is 9.18 Å². The van der Waals surface area contributed by atoms with E-state index in [1.165, 1.54) is 34.5 Å². The molecule has 1 amide bonds. The van der Waals surface area contributed by atoms with Gasteiger partial charge in [-0.1, -0.05) is 0 Å². The first kappa shape index (κ1) is 21.3. The van der Waals surface area contributed by atoms with Crippen molar-refractivity contribution < 1.29 is 18.3 Å². The van der Waals surface area contributed by atoms with Crippen LogP contribution in [0.15, 0.2) is 41.5 Å². The predicted octanol–water partition coefficient (Wildman–Crippen LogP) is 3.29. The lowest BCUT2D eigenvalue weighted by Crippen LogP contribution is -2.50. The van der Waals surface area contributed by atoms with Crippen molar-refractivity contribution in [1.82, 2.24) is 9.97 Å². The van der Waals surface area contributed by atoms with Crippen molar-refractivity contribution in [3.05, 3.63) is 58.8 Å². The third kappa shape index (κ3) is 4.41. The number of carbonyl (C=O) groups excluding carboxylic acids is 1. The lowest BCUT2D eigenvalue weighted by molar-refractivity contribution is 0.0835. The van der Waals surface area contributed by atoms with Crippen LogP contribution in [0.1, 0.15) is 16.9 Å². The number of halogens is 2. The number of nitrogens with one attached hydrogen (secondary N) is 1. The van der Waals surface area contributed by atoms with E-state index in [4.69, 9.17) is 10.5 Å². The second-order valence-corrected chi connectivity index (χ2v) is 7.98. The highest BCUT2D eigenvalue weighted by molar-refractivity contribution is 7.07. The molecule has 0 bridgehead atoms. The van der Waals surface area contributed by atoms with E-state index in [1.54, 1.807) is 19.4 Å². The Labute approximate surface area is 181 Å². The molecule has 0 spiro atoms. The molecule has 1 aliphatic heterocycles. The van der Waals surface area contributed by atoms with Crippen LogP contribution in [0.3, 0.4) is 0 Å². The number of carbonyl (C=O) groups is 1. The molecule has 3 N–H and O–H groups in total. The number of amides is 1. The van der Waals surface area contributed by atoms with Crippen LogP contribution in [-0.2, 0) is 4.74 Å². The summed E-state index contributed by atoms with van der Waals surface area (Å²) >= 11 is 1.21. The third-order valence-corrected chi connectivity index (χ3v) is 5.79. The van der Waals surface area contributed by atoms with Gasteiger partial charge < -0.3 is 20.7 Å². The second-order valence-electron chi connectivity index (χ2n) is 7.26. The van der Waals surface area contributed by atoms with Gasteiger partial charge in [0.2, 0.25) is 0 Å². The normalized spacial score (nSPS) is 18.8. The molecular formula is C21H21F2N5O2S. The van der Waals surface area contributed by atoms with Gasteiger partial charge >= 0.3 is 0 Å². The summed E-state index contributed by atoms with van der Waals surface area (Å²) < 4.78 is 35.3. The summed E-state index contributed by atoms with van der Waals surface area (Å²) in [5.41, 5.74) is 8.49. The monoisotopic (exact) mass is 445 g/mol. The second kappa shape index (κ2) is 9.04. The van der Waals surface area contributed by atoms with E-state index in [2.05, 4.69) is 15.3 Å². The summed E-state index contributed by atoms with van der Waals surface area (Å²) in [6, 6.07) is 4.11. The zero-order valence-corrected chi connectivity index (χ0v) is 17.5. The Bertz CT molecular complexity index is 1080. The van der Waals surface area contributed by atoms with Crippen molar-refractivity contribution in [1.29, 1.82) is 0 Å². The van der Waals surface area contributed by atoms with Crippen LogP contribution < -0.4 is 16.0 Å². The number of thiazole rings is 1. The first-order valence-electron chi connectivity index (χ1n) is 9.63. The molecule has 4 rings (SSSR count). The molecular weight excluding hydrogens is 424 g/mol. The summed E-state index contributed by atoms with van der Waals surface area (Å²) in [7, 11) is 1.63. The van der Waals surface area contributed by atoms with Crippen molar-refractivity contribution >= 4 is 28.6 Å². The topological polar surface area (TPSA) is 93.4 Å². The highest BCUT2D eigenvalue weighted by atomic mass is 32.1. The number of hydrogen-bond donors (Lipinski definition) is 2. The Kier molecular flexibility index (Phi) is 6.21. The average molecular weight is 445 g/mol. The zero-order chi connectivity index (χ0) is 22.0. The fraction of sp³-hybridized carbons (Fsp3) is 0.286. The largest absolute Gasteiger partial charge is 0.380 e. The van der Waals surface area contributed by atoms with Crippen LogP contribution in [0.2, 0.25) is 0 Å². The molecule has 162 valence electrons. The Balaban J connectivity index is 1.71. The number of piperidine rings is 1. The van der Waals surface area contributed by atoms with Gasteiger partial charge in [-0.2, -0.15) is 0 Å². The number of ether oxygens (including phenoxy) is 1. The van der Waals surface area contributed by atoms with Crippen molar-refractivity contribution in [3.63, 3.8) is 0 Å². The molecule has 31 heavy (non-hydrogen) atoms. The van der Waals surface area contributed by atoms with Crippen LogP contribution in [-0.4, -0.2) is 48.2 Å². The molecule has 10 heteroatoms. The Morgan fingerprint density at radius 3 is 2.87 bits per heavy atom. The van der Waals surface area contributed by atoms with Crippen LogP contribution in [0, 0.1) is 11.6 Å². The fourth-order valence-corrected chi connectivity index (χ4v) is 4.24. The van der Waals surface area contributed by atoms with Gasteiger partial charge in [-0.3, -0.25) is 9.78 Å². The third-order valence-electron chi connectivity index (χ3n) is 5.20. The number of hydrogen-bond acceptors (Lipinski definition) is 7. The number of aromatic nitrogens is 2. The Hall–Kier alpha value is -2.95. The minimum Gasteiger partial charge on any atom is -0.380 e. The molecule has 1 aromatic carbocycles. The van der Waals surface area contributed by atoms with Crippen molar-refractivity contribution in [2.24, 2.45) is 5.73 Å². The standard InChI is InChI=1S/C21H21F2N5O2S/c1-30-13-6-12(24)8-28(9-13)18-4-5-25-7-15(18)14-2-3-16(22)20(19(14)23)27-21(29)17-10-31-11-26-17/h2-5,7,10-13H,6,8-9,24H2,1H3,(H,27,29)/t12-,13+/m0/s1. The van der Waals surface area contributed by atoms with Gasteiger partial charge in [0, 0.05) is 60.8 Å². The molecule has 2 aromatic heterocycles. The van der Waals surface area contributed by atoms with Crippen molar-refractivity contribution in [2.45, 2.75) is 18.6 Å². The lowest BCUT2D eigenvalue weighted by Gasteiger charge is -2.38. The molecule has 3 aromatic rings. The van der Waals surface area contributed by atoms with Gasteiger partial charge in [-0.15, -0.1) is 11.3 Å². The van der Waals surface area contributed by atoms with E-state index in [0.29, 0.717) is 24.3 Å². The first-order chi connectivity index (χ1) is 15.0. The summed E-state index contributed by atoms with van der Waals surface area (Å²) in [5.74, 6) is -2.45. The van der Waals surface area contributed by atoms with Gasteiger partial charge in [0.25, 0.3) is 5.91 Å². The van der Waals surface area contributed by atoms with Crippen molar-refractivity contribution in [3.8, 4) is 11.1 Å². The summed E-state index contributed by atoms with van der Waals surface area (Å²) in [5, 5.41) is 3.79. The Morgan fingerprint density at radius 1 is 1.29 bits per heavy atom. The van der Waals surface area contributed by atoms with E-state index in [-0.39, 0.29) is 23.4 Å². The van der Waals surface area contributed by atoms with Gasteiger partial charge in [-0.05, 0) is 24.6 Å². The van der Waals surface area contributed by atoms with Crippen LogP contribution >= 0.6 is 11.3 Å². The fourth-order valence-electron chi connectivity index (χ4n) is 3.71. The number of methoxy groups -OCH3 is 1. The van der Waals surface area contributed by atoms with Crippen LogP contribution in [0.25, 0.3) is 11.1 Å². The molecule has 0 radical (unpaired) electrons. The SMILES string of the molecule is CO[C@@H]1C[C@H](N)CN(c2ccncc2-c2ccc(F)c(NC(=O)c3cscn3)c2F)C1. The van der Waals surface area contributed by atoms with Crippen LogP contribution in [0.4, 0.5) is 20.2 Å². The Morgan fingerprint density at radius 2 is 2.13 bits per heavy atom. The highest BCUT2D eigenvalue weighted by Gasteiger charge is 2.28. The number of benzene rings is 1. The quantitative estimate of drug-likeness (QED) is 0.626. The molecule has 0 unspecified atom stereocenters. The maximum absolute atomic E-state index is 15.4. The zero-order valence-electron chi connectivity index (χ0n) is 16.7. The molecule has 0 aliphatic carbocycles. The molecule has 0 saturated carbocycles. The average Bonchev–Trinajstić information content (AvgIpc) is 3.31. The highest BCUT2D eigenvalue weighted by Crippen LogP contribution is 2.36. The van der Waals surface area contributed by atoms with E-state index in [0.717, 1.165) is 12.5 Å². The minimum atomic E-state index is -0.887. The molecule has 7 nitrogen and oxygen atoms in total. The smallest absolute Gasteiger partial charge is 0.275 e. The van der Waals surface area contributed by atoms with E-state index in [1.807, 2.05) is 4.90 Å². The number of nitrogens with zero attached hydrogens (tertiary/aromatic N) is 3. The van der Waals surface area contributed by atoms with Crippen LogP contribution in [0.5, 0.6) is 0 Å².